The summed E-state index contributed by atoms with van der Waals surface area (Å²) in [6.45, 7) is 2.33. The zero-order valence-electron chi connectivity index (χ0n) is 10.5. The molecular weight excluding hydrogens is 288 g/mol. The molecule has 0 bridgehead atoms. The first-order chi connectivity index (χ1) is 9.04. The van der Waals surface area contributed by atoms with Crippen molar-refractivity contribution >= 4 is 21.4 Å². The molecule has 0 unspecified atom stereocenters. The SMILES string of the molecule is COCCNS(=O)(=O)c1cc(-c2ccno2)sc1C. The summed E-state index contributed by atoms with van der Waals surface area (Å²) in [5, 5.41) is 3.61. The van der Waals surface area contributed by atoms with Gasteiger partial charge in [0, 0.05) is 24.6 Å². The molecule has 0 atom stereocenters. The molecule has 0 saturated heterocycles. The molecule has 2 aromatic heterocycles. The first-order valence-corrected chi connectivity index (χ1v) is 7.84. The monoisotopic (exact) mass is 302 g/mol. The van der Waals surface area contributed by atoms with Gasteiger partial charge >= 0.3 is 0 Å². The minimum atomic E-state index is -3.52. The second kappa shape index (κ2) is 5.83. The van der Waals surface area contributed by atoms with Crippen molar-refractivity contribution in [2.45, 2.75) is 11.8 Å². The predicted octanol–water partition coefficient (Wildman–Crippen LogP) is 1.64. The van der Waals surface area contributed by atoms with Gasteiger partial charge in [0.25, 0.3) is 0 Å². The molecule has 0 fully saturated rings. The molecule has 0 aliphatic carbocycles. The number of methoxy groups -OCH3 is 1. The van der Waals surface area contributed by atoms with Crippen molar-refractivity contribution in [3.8, 4) is 10.6 Å². The Hall–Kier alpha value is -1.22. The molecule has 104 valence electrons. The minimum absolute atomic E-state index is 0.242. The van der Waals surface area contributed by atoms with Crippen LogP contribution in [-0.2, 0) is 14.8 Å². The molecular formula is C11H14N2O4S2. The van der Waals surface area contributed by atoms with Gasteiger partial charge in [-0.1, -0.05) is 5.16 Å². The largest absolute Gasteiger partial charge is 0.383 e. The van der Waals surface area contributed by atoms with Crippen LogP contribution in [0.1, 0.15) is 4.88 Å². The average Bonchev–Trinajstić information content (AvgIpc) is 2.97. The van der Waals surface area contributed by atoms with Crippen molar-refractivity contribution in [2.75, 3.05) is 20.3 Å². The molecule has 0 aliphatic rings. The molecule has 0 aliphatic heterocycles. The lowest BCUT2D eigenvalue weighted by Gasteiger charge is -2.04. The van der Waals surface area contributed by atoms with E-state index in [4.69, 9.17) is 9.26 Å². The van der Waals surface area contributed by atoms with Crippen LogP contribution in [0.25, 0.3) is 10.6 Å². The van der Waals surface area contributed by atoms with Crippen molar-refractivity contribution < 1.29 is 17.7 Å². The van der Waals surface area contributed by atoms with Crippen LogP contribution in [0, 0.1) is 6.92 Å². The van der Waals surface area contributed by atoms with E-state index in [0.717, 1.165) is 4.88 Å². The van der Waals surface area contributed by atoms with E-state index in [-0.39, 0.29) is 11.4 Å². The van der Waals surface area contributed by atoms with Gasteiger partial charge in [0.2, 0.25) is 10.0 Å². The molecule has 8 heteroatoms. The Balaban J connectivity index is 2.25. The molecule has 0 spiro atoms. The molecule has 6 nitrogen and oxygen atoms in total. The molecule has 0 saturated carbocycles. The summed E-state index contributed by atoms with van der Waals surface area (Å²) in [5.74, 6) is 0.562. The lowest BCUT2D eigenvalue weighted by molar-refractivity contribution is 0.204. The maximum Gasteiger partial charge on any atom is 0.241 e. The van der Waals surface area contributed by atoms with Gasteiger partial charge in [-0.15, -0.1) is 11.3 Å². The number of ether oxygens (including phenoxy) is 1. The maximum absolute atomic E-state index is 12.1. The van der Waals surface area contributed by atoms with Gasteiger partial charge in [-0.2, -0.15) is 0 Å². The number of rotatable bonds is 6. The van der Waals surface area contributed by atoms with Crippen LogP contribution in [0.4, 0.5) is 0 Å². The smallest absolute Gasteiger partial charge is 0.241 e. The number of nitrogens with one attached hydrogen (secondary N) is 1. The Morgan fingerprint density at radius 3 is 2.95 bits per heavy atom. The van der Waals surface area contributed by atoms with Crippen molar-refractivity contribution in [1.82, 2.24) is 9.88 Å². The van der Waals surface area contributed by atoms with Crippen LogP contribution < -0.4 is 4.72 Å². The van der Waals surface area contributed by atoms with E-state index in [1.54, 1.807) is 19.1 Å². The van der Waals surface area contributed by atoms with Gasteiger partial charge in [0.05, 0.1) is 22.6 Å². The van der Waals surface area contributed by atoms with Gasteiger partial charge < -0.3 is 9.26 Å². The zero-order valence-corrected chi connectivity index (χ0v) is 12.2. The number of thiophene rings is 1. The molecule has 2 heterocycles. The number of aromatic nitrogens is 1. The Morgan fingerprint density at radius 2 is 2.32 bits per heavy atom. The molecule has 0 radical (unpaired) electrons. The average molecular weight is 302 g/mol. The third kappa shape index (κ3) is 3.21. The zero-order chi connectivity index (χ0) is 13.9. The quantitative estimate of drug-likeness (QED) is 0.820. The highest BCUT2D eigenvalue weighted by molar-refractivity contribution is 7.89. The molecule has 2 rings (SSSR count). The minimum Gasteiger partial charge on any atom is -0.383 e. The Bertz CT molecular complexity index is 632. The maximum atomic E-state index is 12.1. The fourth-order valence-electron chi connectivity index (χ4n) is 1.55. The third-order valence-electron chi connectivity index (χ3n) is 2.44. The van der Waals surface area contributed by atoms with Gasteiger partial charge in [-0.25, -0.2) is 13.1 Å². The lowest BCUT2D eigenvalue weighted by Crippen LogP contribution is -2.27. The molecule has 0 amide bonds. The van der Waals surface area contributed by atoms with Crippen molar-refractivity contribution in [3.05, 3.63) is 23.2 Å². The third-order valence-corrected chi connectivity index (χ3v) is 5.22. The second-order valence-corrected chi connectivity index (χ2v) is 6.79. The van der Waals surface area contributed by atoms with Crippen LogP contribution in [0.15, 0.2) is 27.7 Å². The Morgan fingerprint density at radius 1 is 1.53 bits per heavy atom. The molecule has 2 aromatic rings. The van der Waals surface area contributed by atoms with E-state index < -0.39 is 10.0 Å². The Labute approximate surface area is 115 Å². The summed E-state index contributed by atoms with van der Waals surface area (Å²) in [6, 6.07) is 3.29. The van der Waals surface area contributed by atoms with Crippen LogP contribution in [0.2, 0.25) is 0 Å². The topological polar surface area (TPSA) is 81.4 Å². The number of aryl methyl sites for hydroxylation is 1. The second-order valence-electron chi connectivity index (χ2n) is 3.80. The van der Waals surface area contributed by atoms with E-state index >= 15 is 0 Å². The summed E-state index contributed by atoms with van der Waals surface area (Å²) >= 11 is 1.35. The summed E-state index contributed by atoms with van der Waals surface area (Å²) in [4.78, 5) is 1.71. The Kier molecular flexibility index (Phi) is 4.35. The van der Waals surface area contributed by atoms with Crippen molar-refractivity contribution in [2.24, 2.45) is 0 Å². The fourth-order valence-corrected chi connectivity index (χ4v) is 4.11. The van der Waals surface area contributed by atoms with Crippen LogP contribution in [0.5, 0.6) is 0 Å². The number of hydrogen-bond donors (Lipinski definition) is 1. The highest BCUT2D eigenvalue weighted by Crippen LogP contribution is 2.33. The summed E-state index contributed by atoms with van der Waals surface area (Å²) in [6.07, 6.45) is 1.52. The van der Waals surface area contributed by atoms with E-state index in [9.17, 15) is 8.42 Å². The predicted molar refractivity (Wildman–Crippen MR) is 71.6 cm³/mol. The number of nitrogens with zero attached hydrogens (tertiary/aromatic N) is 1. The van der Waals surface area contributed by atoms with Gasteiger partial charge in [-0.05, 0) is 13.0 Å². The van der Waals surface area contributed by atoms with Gasteiger partial charge in [0.1, 0.15) is 0 Å². The number of hydrogen-bond acceptors (Lipinski definition) is 6. The van der Waals surface area contributed by atoms with Crippen LogP contribution in [-0.4, -0.2) is 33.8 Å². The number of sulfonamides is 1. The van der Waals surface area contributed by atoms with E-state index in [0.29, 0.717) is 17.2 Å². The van der Waals surface area contributed by atoms with Crippen molar-refractivity contribution in [3.63, 3.8) is 0 Å². The van der Waals surface area contributed by atoms with Gasteiger partial charge in [0.15, 0.2) is 5.76 Å². The highest BCUT2D eigenvalue weighted by Gasteiger charge is 2.20. The summed E-state index contributed by atoms with van der Waals surface area (Å²) < 4.78 is 36.5. The lowest BCUT2D eigenvalue weighted by atomic mass is 10.3. The first kappa shape index (κ1) is 14.2. The van der Waals surface area contributed by atoms with E-state index in [1.165, 1.54) is 24.6 Å². The molecule has 0 aromatic carbocycles. The van der Waals surface area contributed by atoms with Crippen LogP contribution in [0.3, 0.4) is 0 Å². The van der Waals surface area contributed by atoms with Gasteiger partial charge in [-0.3, -0.25) is 0 Å². The van der Waals surface area contributed by atoms with Crippen LogP contribution >= 0.6 is 11.3 Å². The standard InChI is InChI=1S/C11H14N2O4S2/c1-8-11(19(14,15)13-5-6-16-2)7-10(18-8)9-3-4-12-17-9/h3-4,7,13H,5-6H2,1-2H3. The summed E-state index contributed by atoms with van der Waals surface area (Å²) in [7, 11) is -2.00. The fraction of sp³-hybridized carbons (Fsp3) is 0.364. The summed E-state index contributed by atoms with van der Waals surface area (Å²) in [5.41, 5.74) is 0. The van der Waals surface area contributed by atoms with E-state index in [2.05, 4.69) is 9.88 Å². The van der Waals surface area contributed by atoms with E-state index in [1.807, 2.05) is 0 Å². The highest BCUT2D eigenvalue weighted by atomic mass is 32.2. The normalized spacial score (nSPS) is 11.9. The molecule has 19 heavy (non-hydrogen) atoms. The molecule has 1 N–H and O–H groups in total. The van der Waals surface area contributed by atoms with Crippen molar-refractivity contribution in [1.29, 1.82) is 0 Å². The first-order valence-electron chi connectivity index (χ1n) is 5.54.